The second kappa shape index (κ2) is 9.36. The lowest BCUT2D eigenvalue weighted by atomic mass is 10.1. The van der Waals surface area contributed by atoms with Gasteiger partial charge in [-0.15, -0.1) is 0 Å². The molecular formula is C23H22Br2F3NO2. The summed E-state index contributed by atoms with van der Waals surface area (Å²) >= 11 is 6.56. The number of allylic oxidation sites excluding steroid dienone is 1. The monoisotopic (exact) mass is 559 g/mol. The maximum Gasteiger partial charge on any atom is 0.310 e. The molecule has 0 amide bonds. The van der Waals surface area contributed by atoms with Gasteiger partial charge in [-0.25, -0.2) is 13.2 Å². The summed E-state index contributed by atoms with van der Waals surface area (Å²) in [5.41, 5.74) is -0.485. The summed E-state index contributed by atoms with van der Waals surface area (Å²) in [6.07, 6.45) is 1.85. The summed E-state index contributed by atoms with van der Waals surface area (Å²) < 4.78 is 49.7. The Morgan fingerprint density at radius 1 is 1.13 bits per heavy atom. The van der Waals surface area contributed by atoms with Crippen molar-refractivity contribution in [2.45, 2.75) is 33.9 Å². The number of anilines is 1. The summed E-state index contributed by atoms with van der Waals surface area (Å²) in [5, 5.41) is 2.83. The van der Waals surface area contributed by atoms with Crippen molar-refractivity contribution in [3.05, 3.63) is 73.9 Å². The molecule has 0 radical (unpaired) electrons. The molecular weight excluding hydrogens is 539 g/mol. The molecule has 0 heterocycles. The first-order valence-corrected chi connectivity index (χ1v) is 11.3. The molecule has 3 rings (SSSR count). The number of hydrogen-bond acceptors (Lipinski definition) is 3. The number of halogens is 5. The minimum Gasteiger partial charge on any atom is -0.460 e. The summed E-state index contributed by atoms with van der Waals surface area (Å²) in [7, 11) is 0. The van der Waals surface area contributed by atoms with Gasteiger partial charge in [0.2, 0.25) is 0 Å². The largest absolute Gasteiger partial charge is 0.460 e. The van der Waals surface area contributed by atoms with Crippen LogP contribution in [0.4, 0.5) is 18.9 Å². The zero-order valence-corrected chi connectivity index (χ0v) is 20.4. The van der Waals surface area contributed by atoms with E-state index in [1.165, 1.54) is 6.92 Å². The number of nitrogens with one attached hydrogen (secondary N) is 1. The Morgan fingerprint density at radius 3 is 2.39 bits per heavy atom. The third kappa shape index (κ3) is 5.00. The van der Waals surface area contributed by atoms with E-state index in [9.17, 15) is 18.0 Å². The van der Waals surface area contributed by atoms with Gasteiger partial charge < -0.3 is 10.1 Å². The Hall–Kier alpha value is -1.80. The average Bonchev–Trinajstić information content (AvgIpc) is 3.26. The van der Waals surface area contributed by atoms with E-state index in [0.29, 0.717) is 0 Å². The molecule has 31 heavy (non-hydrogen) atoms. The fraction of sp³-hybridized carbons (Fsp3) is 0.348. The van der Waals surface area contributed by atoms with E-state index in [1.807, 2.05) is 50.3 Å². The van der Waals surface area contributed by atoms with E-state index >= 15 is 0 Å². The number of carbonyl (C=O) groups is 1. The summed E-state index contributed by atoms with van der Waals surface area (Å²) in [5.74, 6) is -4.46. The van der Waals surface area contributed by atoms with Gasteiger partial charge in [-0.3, -0.25) is 4.79 Å². The quantitative estimate of drug-likeness (QED) is 0.293. The first kappa shape index (κ1) is 23.9. The van der Waals surface area contributed by atoms with Gasteiger partial charge in [0.15, 0.2) is 17.5 Å². The number of benzene rings is 2. The highest BCUT2D eigenvalue weighted by Gasteiger charge is 2.61. The van der Waals surface area contributed by atoms with Crippen LogP contribution in [0.25, 0.3) is 0 Å². The lowest BCUT2D eigenvalue weighted by molar-refractivity contribution is -0.147. The van der Waals surface area contributed by atoms with E-state index < -0.39 is 41.5 Å². The Kier molecular flexibility index (Phi) is 7.21. The fourth-order valence-corrected chi connectivity index (χ4v) is 4.31. The summed E-state index contributed by atoms with van der Waals surface area (Å²) in [6, 6.07) is 9.12. The fourth-order valence-electron chi connectivity index (χ4n) is 3.74. The Balaban J connectivity index is 1.81. The van der Waals surface area contributed by atoms with Crippen molar-refractivity contribution in [3.8, 4) is 0 Å². The normalized spacial score (nSPS) is 19.0. The van der Waals surface area contributed by atoms with E-state index in [2.05, 4.69) is 37.2 Å². The molecule has 2 aromatic rings. The third-order valence-corrected chi connectivity index (χ3v) is 6.31. The molecule has 0 aliphatic heterocycles. The molecule has 0 unspecified atom stereocenters. The van der Waals surface area contributed by atoms with Crippen molar-refractivity contribution in [2.75, 3.05) is 5.32 Å². The number of carbonyl (C=O) groups excluding carboxylic acids is 1. The molecule has 166 valence electrons. The number of hydrogen-bond donors (Lipinski definition) is 1. The molecule has 0 saturated heterocycles. The molecule has 3 nitrogen and oxygen atoms in total. The number of rotatable bonds is 7. The van der Waals surface area contributed by atoms with Gasteiger partial charge in [0.25, 0.3) is 0 Å². The lowest BCUT2D eigenvalue weighted by Crippen LogP contribution is -2.15. The van der Waals surface area contributed by atoms with Crippen molar-refractivity contribution < 1.29 is 22.7 Å². The minimum atomic E-state index is -1.29. The van der Waals surface area contributed by atoms with Crippen LogP contribution >= 0.6 is 31.9 Å². The molecule has 2 aromatic carbocycles. The van der Waals surface area contributed by atoms with Crippen LogP contribution in [0, 0.1) is 41.6 Å². The van der Waals surface area contributed by atoms with Crippen molar-refractivity contribution in [2.24, 2.45) is 17.3 Å². The first-order valence-electron chi connectivity index (χ1n) is 9.68. The van der Waals surface area contributed by atoms with Crippen LogP contribution in [-0.2, 0) is 22.7 Å². The molecule has 1 saturated carbocycles. The second-order valence-corrected chi connectivity index (χ2v) is 10.9. The zero-order chi connectivity index (χ0) is 22.9. The van der Waals surface area contributed by atoms with Crippen molar-refractivity contribution in [3.63, 3.8) is 0 Å². The van der Waals surface area contributed by atoms with Crippen LogP contribution in [-0.4, -0.2) is 5.97 Å². The van der Waals surface area contributed by atoms with Gasteiger partial charge in [-0.05, 0) is 55.7 Å². The highest BCUT2D eigenvalue weighted by atomic mass is 79.9. The Labute approximate surface area is 196 Å². The highest BCUT2D eigenvalue weighted by molar-refractivity contribution is 9.28. The van der Waals surface area contributed by atoms with Crippen molar-refractivity contribution in [1.82, 2.24) is 0 Å². The highest BCUT2D eigenvalue weighted by Crippen LogP contribution is 2.60. The van der Waals surface area contributed by atoms with Crippen molar-refractivity contribution in [1.29, 1.82) is 0 Å². The van der Waals surface area contributed by atoms with E-state index in [-0.39, 0.29) is 29.1 Å². The Bertz CT molecular complexity index is 1020. The minimum absolute atomic E-state index is 0.0687. The molecule has 0 aromatic heterocycles. The third-order valence-electron chi connectivity index (χ3n) is 5.78. The standard InChI is InChI=1S/C23H22Br2F3NO2/c1-12-18(26)20(28)14(21(19(12)27)29-10-13-7-5-4-6-8-13)11-31-22(30)17-15(9-16(24)25)23(17,2)3/h4-9,15,17,29H,10-11H2,1-3H3/t15-,17-/m0/s1. The molecule has 1 aliphatic carbocycles. The first-order chi connectivity index (χ1) is 14.6. The number of esters is 1. The van der Waals surface area contributed by atoms with Crippen LogP contribution in [0.3, 0.4) is 0 Å². The molecule has 0 spiro atoms. The SMILES string of the molecule is Cc1c(F)c(F)c(COC(=O)[C@@H]2[C@H](C=C(Br)Br)C2(C)C)c(NCc2ccccc2)c1F. The molecule has 8 heteroatoms. The predicted molar refractivity (Wildman–Crippen MR) is 121 cm³/mol. The maximum atomic E-state index is 14.8. The predicted octanol–water partition coefficient (Wildman–Crippen LogP) is 6.97. The van der Waals surface area contributed by atoms with Gasteiger partial charge >= 0.3 is 5.97 Å². The maximum absolute atomic E-state index is 14.8. The Morgan fingerprint density at radius 2 is 1.77 bits per heavy atom. The van der Waals surface area contributed by atoms with Gasteiger partial charge in [0.05, 0.1) is 20.6 Å². The molecule has 1 aliphatic rings. The van der Waals surface area contributed by atoms with Crippen LogP contribution in [0.5, 0.6) is 0 Å². The zero-order valence-electron chi connectivity index (χ0n) is 17.2. The topological polar surface area (TPSA) is 38.3 Å². The van der Waals surface area contributed by atoms with Gasteiger partial charge in [-0.1, -0.05) is 50.3 Å². The molecule has 0 bridgehead atoms. The van der Waals surface area contributed by atoms with E-state index in [4.69, 9.17) is 4.74 Å². The molecule has 1 fully saturated rings. The number of ether oxygens (including phenoxy) is 1. The van der Waals surface area contributed by atoms with Gasteiger partial charge in [0, 0.05) is 12.1 Å². The van der Waals surface area contributed by atoms with Crippen LogP contribution in [0.1, 0.15) is 30.5 Å². The van der Waals surface area contributed by atoms with Gasteiger partial charge in [0.1, 0.15) is 6.61 Å². The smallest absolute Gasteiger partial charge is 0.310 e. The molecule has 2 atom stereocenters. The van der Waals surface area contributed by atoms with Crippen LogP contribution < -0.4 is 5.32 Å². The molecule has 1 N–H and O–H groups in total. The van der Waals surface area contributed by atoms with E-state index in [1.54, 1.807) is 0 Å². The van der Waals surface area contributed by atoms with Crippen LogP contribution in [0.15, 0.2) is 39.8 Å². The van der Waals surface area contributed by atoms with Crippen molar-refractivity contribution >= 4 is 43.5 Å². The summed E-state index contributed by atoms with van der Waals surface area (Å²) in [6.45, 7) is 4.63. The summed E-state index contributed by atoms with van der Waals surface area (Å²) in [4.78, 5) is 12.6. The average molecular weight is 561 g/mol. The van der Waals surface area contributed by atoms with Gasteiger partial charge in [-0.2, -0.15) is 0 Å². The van der Waals surface area contributed by atoms with E-state index in [0.717, 1.165) is 8.96 Å². The van der Waals surface area contributed by atoms with Crippen LogP contribution in [0.2, 0.25) is 0 Å². The second-order valence-electron chi connectivity index (χ2n) is 8.15. The lowest BCUT2D eigenvalue weighted by Gasteiger charge is -2.17.